The Morgan fingerprint density at radius 1 is 1.24 bits per heavy atom. The molecule has 1 aromatic carbocycles. The number of benzene rings is 1. The van der Waals surface area contributed by atoms with Crippen molar-refractivity contribution >= 4 is 21.6 Å². The van der Waals surface area contributed by atoms with Crippen LogP contribution < -0.4 is 5.56 Å². The average Bonchev–Trinajstić information content (AvgIpc) is 2.92. The highest BCUT2D eigenvalue weighted by Gasteiger charge is 2.13. The van der Waals surface area contributed by atoms with Crippen molar-refractivity contribution in [1.82, 2.24) is 9.55 Å². The average molecular weight is 298 g/mol. The molecule has 0 bridgehead atoms. The molecule has 0 atom stereocenters. The summed E-state index contributed by atoms with van der Waals surface area (Å²) in [6.07, 6.45) is 3.77. The van der Waals surface area contributed by atoms with E-state index in [0.29, 0.717) is 0 Å². The Labute approximate surface area is 127 Å². The Morgan fingerprint density at radius 3 is 2.81 bits per heavy atom. The molecule has 2 heterocycles. The van der Waals surface area contributed by atoms with E-state index in [9.17, 15) is 4.79 Å². The van der Waals surface area contributed by atoms with Gasteiger partial charge < -0.3 is 0 Å². The Kier molecular flexibility index (Phi) is 3.88. The van der Waals surface area contributed by atoms with Gasteiger partial charge in [-0.3, -0.25) is 9.36 Å². The Balaban J connectivity index is 2.14. The molecule has 21 heavy (non-hydrogen) atoms. The zero-order chi connectivity index (χ0) is 14.8. The number of aromatic nitrogens is 2. The topological polar surface area (TPSA) is 34.9 Å². The van der Waals surface area contributed by atoms with Crippen LogP contribution >= 0.6 is 11.3 Å². The first kappa shape index (κ1) is 14.0. The molecule has 0 saturated carbocycles. The number of hydrogen-bond acceptors (Lipinski definition) is 3. The third-order valence-electron chi connectivity index (χ3n) is 3.73. The van der Waals surface area contributed by atoms with Gasteiger partial charge in [-0.05, 0) is 24.5 Å². The van der Waals surface area contributed by atoms with Gasteiger partial charge in [-0.25, -0.2) is 4.98 Å². The zero-order valence-electron chi connectivity index (χ0n) is 12.3. The summed E-state index contributed by atoms with van der Waals surface area (Å²) in [5.74, 6) is 0. The summed E-state index contributed by atoms with van der Waals surface area (Å²) < 4.78 is 2.48. The fourth-order valence-corrected chi connectivity index (χ4v) is 3.46. The van der Waals surface area contributed by atoms with E-state index in [1.165, 1.54) is 16.9 Å². The Morgan fingerprint density at radius 2 is 2.05 bits per heavy atom. The lowest BCUT2D eigenvalue weighted by Crippen LogP contribution is -2.19. The second-order valence-corrected chi connectivity index (χ2v) is 6.12. The van der Waals surface area contributed by atoms with Gasteiger partial charge in [0.1, 0.15) is 4.70 Å². The molecule has 0 saturated heterocycles. The van der Waals surface area contributed by atoms with Crippen LogP contribution in [0, 0.1) is 6.92 Å². The van der Waals surface area contributed by atoms with E-state index in [-0.39, 0.29) is 5.56 Å². The van der Waals surface area contributed by atoms with Crippen LogP contribution in [-0.2, 0) is 6.54 Å². The fraction of sp³-hybridized carbons (Fsp3) is 0.294. The molecule has 0 fully saturated rings. The fourth-order valence-electron chi connectivity index (χ4n) is 2.50. The molecule has 0 amide bonds. The number of unbranched alkanes of at least 4 members (excludes halogenated alkanes) is 1. The lowest BCUT2D eigenvalue weighted by atomic mass is 10.0. The summed E-state index contributed by atoms with van der Waals surface area (Å²) in [5.41, 5.74) is 4.33. The molecule has 3 aromatic rings. The lowest BCUT2D eigenvalue weighted by Gasteiger charge is -2.06. The van der Waals surface area contributed by atoms with Crippen LogP contribution in [0.15, 0.2) is 40.8 Å². The standard InChI is InChI=1S/C17H18N2OS/c1-3-4-9-19-11-18-15-14(10-21-16(15)17(19)20)13-8-6-5-7-12(13)2/h5-8,10-11H,3-4,9H2,1-2H3. The molecule has 4 heteroatoms. The highest BCUT2D eigenvalue weighted by Crippen LogP contribution is 2.32. The third kappa shape index (κ3) is 2.51. The second kappa shape index (κ2) is 5.82. The molecule has 0 aliphatic rings. The van der Waals surface area contributed by atoms with Gasteiger partial charge in [0.25, 0.3) is 5.56 Å². The van der Waals surface area contributed by atoms with Gasteiger partial charge in [-0.1, -0.05) is 37.6 Å². The van der Waals surface area contributed by atoms with E-state index in [2.05, 4.69) is 31.0 Å². The summed E-state index contributed by atoms with van der Waals surface area (Å²) in [5, 5.41) is 2.05. The van der Waals surface area contributed by atoms with Crippen LogP contribution in [0.2, 0.25) is 0 Å². The van der Waals surface area contributed by atoms with Crippen molar-refractivity contribution in [2.75, 3.05) is 0 Å². The van der Waals surface area contributed by atoms with Crippen LogP contribution in [0.5, 0.6) is 0 Å². The number of fused-ring (bicyclic) bond motifs is 1. The van der Waals surface area contributed by atoms with Crippen molar-refractivity contribution in [2.24, 2.45) is 0 Å². The van der Waals surface area contributed by atoms with Crippen LogP contribution in [0.4, 0.5) is 0 Å². The van der Waals surface area contributed by atoms with Crippen LogP contribution in [0.3, 0.4) is 0 Å². The highest BCUT2D eigenvalue weighted by atomic mass is 32.1. The van der Waals surface area contributed by atoms with Crippen LogP contribution in [0.1, 0.15) is 25.3 Å². The lowest BCUT2D eigenvalue weighted by molar-refractivity contribution is 0.609. The van der Waals surface area contributed by atoms with Gasteiger partial charge in [0, 0.05) is 17.5 Å². The first-order valence-electron chi connectivity index (χ1n) is 7.25. The summed E-state index contributed by atoms with van der Waals surface area (Å²) in [7, 11) is 0. The molecule has 0 aliphatic heterocycles. The molecular formula is C17H18N2OS. The maximum atomic E-state index is 12.5. The molecule has 0 unspecified atom stereocenters. The molecule has 0 N–H and O–H groups in total. The predicted octanol–water partition coefficient (Wildman–Crippen LogP) is 4.23. The summed E-state index contributed by atoms with van der Waals surface area (Å²) in [6.45, 7) is 4.95. The number of aryl methyl sites for hydroxylation is 2. The minimum absolute atomic E-state index is 0.0817. The number of hydrogen-bond donors (Lipinski definition) is 0. The predicted molar refractivity (Wildman–Crippen MR) is 89.0 cm³/mol. The Bertz CT molecular complexity index is 832. The first-order valence-corrected chi connectivity index (χ1v) is 8.13. The summed E-state index contributed by atoms with van der Waals surface area (Å²) >= 11 is 1.50. The quantitative estimate of drug-likeness (QED) is 0.722. The molecule has 0 radical (unpaired) electrons. The molecule has 0 spiro atoms. The zero-order valence-corrected chi connectivity index (χ0v) is 13.1. The van der Waals surface area contributed by atoms with E-state index in [1.54, 1.807) is 10.9 Å². The number of thiophene rings is 1. The van der Waals surface area contributed by atoms with E-state index in [0.717, 1.165) is 40.7 Å². The van der Waals surface area contributed by atoms with E-state index < -0.39 is 0 Å². The largest absolute Gasteiger partial charge is 0.298 e. The van der Waals surface area contributed by atoms with Crippen molar-refractivity contribution < 1.29 is 0 Å². The smallest absolute Gasteiger partial charge is 0.271 e. The normalized spacial score (nSPS) is 11.1. The van der Waals surface area contributed by atoms with Crippen LogP contribution in [-0.4, -0.2) is 9.55 Å². The van der Waals surface area contributed by atoms with Gasteiger partial charge in [-0.2, -0.15) is 0 Å². The van der Waals surface area contributed by atoms with Gasteiger partial charge >= 0.3 is 0 Å². The van der Waals surface area contributed by atoms with Crippen molar-refractivity contribution in [3.8, 4) is 11.1 Å². The Hall–Kier alpha value is -1.94. The third-order valence-corrected chi connectivity index (χ3v) is 4.69. The van der Waals surface area contributed by atoms with Gasteiger partial charge in [-0.15, -0.1) is 11.3 Å². The van der Waals surface area contributed by atoms with Crippen LogP contribution in [0.25, 0.3) is 21.3 Å². The molecule has 3 nitrogen and oxygen atoms in total. The van der Waals surface area contributed by atoms with Crippen molar-refractivity contribution in [3.63, 3.8) is 0 Å². The first-order chi connectivity index (χ1) is 10.2. The van der Waals surface area contributed by atoms with Crippen molar-refractivity contribution in [1.29, 1.82) is 0 Å². The monoisotopic (exact) mass is 298 g/mol. The van der Waals surface area contributed by atoms with E-state index >= 15 is 0 Å². The van der Waals surface area contributed by atoms with Crippen molar-refractivity contribution in [3.05, 3.63) is 51.9 Å². The molecular weight excluding hydrogens is 280 g/mol. The van der Waals surface area contributed by atoms with Gasteiger partial charge in [0.05, 0.1) is 11.8 Å². The molecule has 0 aliphatic carbocycles. The summed E-state index contributed by atoms with van der Waals surface area (Å²) in [4.78, 5) is 17.0. The summed E-state index contributed by atoms with van der Waals surface area (Å²) in [6, 6.07) is 8.22. The maximum Gasteiger partial charge on any atom is 0.271 e. The minimum Gasteiger partial charge on any atom is -0.298 e. The highest BCUT2D eigenvalue weighted by molar-refractivity contribution is 7.17. The molecule has 108 valence electrons. The number of rotatable bonds is 4. The number of nitrogens with zero attached hydrogens (tertiary/aromatic N) is 2. The minimum atomic E-state index is 0.0817. The SMILES string of the molecule is CCCCn1cnc2c(-c3ccccc3C)csc2c1=O. The maximum absolute atomic E-state index is 12.5. The van der Waals surface area contributed by atoms with E-state index in [1.807, 2.05) is 17.5 Å². The molecule has 2 aromatic heterocycles. The second-order valence-electron chi connectivity index (χ2n) is 5.24. The van der Waals surface area contributed by atoms with Gasteiger partial charge in [0.2, 0.25) is 0 Å². The van der Waals surface area contributed by atoms with Gasteiger partial charge in [0.15, 0.2) is 0 Å². The molecule has 3 rings (SSSR count). The van der Waals surface area contributed by atoms with Crippen molar-refractivity contribution in [2.45, 2.75) is 33.2 Å². The van der Waals surface area contributed by atoms with E-state index in [4.69, 9.17) is 0 Å².